The molecule has 0 aromatic heterocycles. The monoisotopic (exact) mass is 318 g/mol. The molecule has 0 saturated heterocycles. The quantitative estimate of drug-likeness (QED) is 0.535. The van der Waals surface area contributed by atoms with Crippen molar-refractivity contribution >= 4 is 15.9 Å². The fourth-order valence-corrected chi connectivity index (χ4v) is 2.11. The van der Waals surface area contributed by atoms with Crippen LogP contribution in [0.3, 0.4) is 0 Å². The highest BCUT2D eigenvalue weighted by molar-refractivity contribution is 9.09. The van der Waals surface area contributed by atoms with Gasteiger partial charge >= 0.3 is 0 Å². The lowest BCUT2D eigenvalue weighted by Gasteiger charge is -2.28. The van der Waals surface area contributed by atoms with E-state index in [1.807, 2.05) is 13.0 Å². The van der Waals surface area contributed by atoms with E-state index in [1.165, 1.54) is 6.07 Å². The predicted octanol–water partition coefficient (Wildman–Crippen LogP) is 3.88. The van der Waals surface area contributed by atoms with Gasteiger partial charge in [0.15, 0.2) is 0 Å². The Morgan fingerprint density at radius 3 is 2.56 bits per heavy atom. The molecule has 2 nitrogen and oxygen atoms in total. The molecule has 1 aromatic carbocycles. The van der Waals surface area contributed by atoms with Gasteiger partial charge in [0.05, 0.1) is 13.2 Å². The second-order valence-corrected chi connectivity index (χ2v) is 4.87. The first-order chi connectivity index (χ1) is 8.64. The summed E-state index contributed by atoms with van der Waals surface area (Å²) in [6, 6.07) is 6.70. The van der Waals surface area contributed by atoms with Crippen molar-refractivity contribution in [3.05, 3.63) is 35.6 Å². The highest BCUT2D eigenvalue weighted by Gasteiger charge is 2.29. The molecular weight excluding hydrogens is 299 g/mol. The van der Waals surface area contributed by atoms with Gasteiger partial charge in [-0.1, -0.05) is 41.1 Å². The standard InChI is InChI=1S/C14H20BrFO2/c1-3-8-17-9-10-18-14(2,11-15)12-6-4-5-7-13(12)16/h4-7H,3,8-11H2,1-2H3. The van der Waals surface area contributed by atoms with E-state index in [0.29, 0.717) is 24.1 Å². The molecule has 0 bridgehead atoms. The number of halogens is 2. The Labute approximate surface area is 117 Å². The second kappa shape index (κ2) is 7.87. The summed E-state index contributed by atoms with van der Waals surface area (Å²) in [7, 11) is 0. The van der Waals surface area contributed by atoms with E-state index in [0.717, 1.165) is 13.0 Å². The van der Waals surface area contributed by atoms with Crippen LogP contribution in [0.25, 0.3) is 0 Å². The van der Waals surface area contributed by atoms with Crippen LogP contribution >= 0.6 is 15.9 Å². The molecule has 18 heavy (non-hydrogen) atoms. The van der Waals surface area contributed by atoms with Crippen LogP contribution in [0.4, 0.5) is 4.39 Å². The topological polar surface area (TPSA) is 18.5 Å². The molecule has 1 rings (SSSR count). The normalized spacial score (nSPS) is 14.4. The molecule has 1 unspecified atom stereocenters. The van der Waals surface area contributed by atoms with E-state index < -0.39 is 5.60 Å². The third-order valence-electron chi connectivity index (χ3n) is 2.70. The fourth-order valence-electron chi connectivity index (χ4n) is 1.65. The first-order valence-corrected chi connectivity index (χ1v) is 7.29. The van der Waals surface area contributed by atoms with Crippen molar-refractivity contribution in [3.63, 3.8) is 0 Å². The predicted molar refractivity (Wildman–Crippen MR) is 74.6 cm³/mol. The van der Waals surface area contributed by atoms with E-state index in [9.17, 15) is 4.39 Å². The maximum absolute atomic E-state index is 13.8. The molecule has 4 heteroatoms. The Morgan fingerprint density at radius 1 is 1.22 bits per heavy atom. The van der Waals surface area contributed by atoms with Crippen LogP contribution in [0.5, 0.6) is 0 Å². The van der Waals surface area contributed by atoms with Crippen molar-refractivity contribution in [2.75, 3.05) is 25.2 Å². The molecule has 0 heterocycles. The van der Waals surface area contributed by atoms with Crippen LogP contribution in [-0.2, 0) is 15.1 Å². The summed E-state index contributed by atoms with van der Waals surface area (Å²) in [6.45, 7) is 5.65. The van der Waals surface area contributed by atoms with E-state index in [4.69, 9.17) is 9.47 Å². The number of alkyl halides is 1. The van der Waals surface area contributed by atoms with Crippen molar-refractivity contribution in [2.24, 2.45) is 0 Å². The number of hydrogen-bond acceptors (Lipinski definition) is 2. The minimum Gasteiger partial charge on any atom is -0.379 e. The first kappa shape index (κ1) is 15.6. The van der Waals surface area contributed by atoms with Gasteiger partial charge in [-0.15, -0.1) is 0 Å². The summed E-state index contributed by atoms with van der Waals surface area (Å²) in [5.74, 6) is -0.242. The zero-order valence-electron chi connectivity index (χ0n) is 10.9. The van der Waals surface area contributed by atoms with Crippen molar-refractivity contribution in [1.29, 1.82) is 0 Å². The molecule has 0 spiro atoms. The number of ether oxygens (including phenoxy) is 2. The molecule has 0 aliphatic carbocycles. The molecule has 0 aliphatic rings. The van der Waals surface area contributed by atoms with Crippen molar-refractivity contribution in [3.8, 4) is 0 Å². The largest absolute Gasteiger partial charge is 0.379 e. The molecule has 0 saturated carbocycles. The third-order valence-corrected chi connectivity index (χ3v) is 3.77. The Morgan fingerprint density at radius 2 is 1.94 bits per heavy atom. The summed E-state index contributed by atoms with van der Waals surface area (Å²) in [5, 5.41) is 0.536. The SMILES string of the molecule is CCCOCCOC(C)(CBr)c1ccccc1F. The molecule has 0 amide bonds. The maximum atomic E-state index is 13.8. The first-order valence-electron chi connectivity index (χ1n) is 6.16. The molecule has 0 fully saturated rings. The summed E-state index contributed by atoms with van der Waals surface area (Å²) in [5.41, 5.74) is -0.0987. The third kappa shape index (κ3) is 4.34. The average Bonchev–Trinajstić information content (AvgIpc) is 2.39. The molecule has 0 aliphatic heterocycles. The summed E-state index contributed by atoms with van der Waals surface area (Å²) in [4.78, 5) is 0. The van der Waals surface area contributed by atoms with E-state index >= 15 is 0 Å². The molecule has 102 valence electrons. The van der Waals surface area contributed by atoms with Crippen LogP contribution in [-0.4, -0.2) is 25.2 Å². The van der Waals surface area contributed by atoms with Gasteiger partial charge in [-0.25, -0.2) is 4.39 Å². The van der Waals surface area contributed by atoms with Gasteiger partial charge in [0.2, 0.25) is 0 Å². The van der Waals surface area contributed by atoms with Gasteiger partial charge in [0.25, 0.3) is 0 Å². The minimum absolute atomic E-state index is 0.242. The van der Waals surface area contributed by atoms with Gasteiger partial charge in [0, 0.05) is 17.5 Å². The summed E-state index contributed by atoms with van der Waals surface area (Å²) < 4.78 is 24.9. The lowest BCUT2D eigenvalue weighted by atomic mass is 9.97. The Hall–Kier alpha value is -0.450. The number of hydrogen-bond donors (Lipinski definition) is 0. The van der Waals surface area contributed by atoms with Crippen molar-refractivity contribution in [1.82, 2.24) is 0 Å². The summed E-state index contributed by atoms with van der Waals surface area (Å²) in [6.07, 6.45) is 0.989. The molecule has 0 radical (unpaired) electrons. The summed E-state index contributed by atoms with van der Waals surface area (Å²) >= 11 is 3.39. The van der Waals surface area contributed by atoms with E-state index in [-0.39, 0.29) is 5.82 Å². The van der Waals surface area contributed by atoms with Crippen LogP contribution < -0.4 is 0 Å². The molecule has 0 N–H and O–H groups in total. The highest BCUT2D eigenvalue weighted by atomic mass is 79.9. The Kier molecular flexibility index (Phi) is 6.82. The van der Waals surface area contributed by atoms with Gasteiger partial charge in [-0.2, -0.15) is 0 Å². The van der Waals surface area contributed by atoms with Crippen LogP contribution in [0.2, 0.25) is 0 Å². The van der Waals surface area contributed by atoms with Crippen molar-refractivity contribution in [2.45, 2.75) is 25.9 Å². The highest BCUT2D eigenvalue weighted by Crippen LogP contribution is 2.29. The van der Waals surface area contributed by atoms with Gasteiger partial charge in [0.1, 0.15) is 11.4 Å². The van der Waals surface area contributed by atoms with Crippen molar-refractivity contribution < 1.29 is 13.9 Å². The van der Waals surface area contributed by atoms with Crippen LogP contribution in [0.15, 0.2) is 24.3 Å². The van der Waals surface area contributed by atoms with E-state index in [2.05, 4.69) is 22.9 Å². The smallest absolute Gasteiger partial charge is 0.129 e. The van der Waals surface area contributed by atoms with Gasteiger partial charge in [-0.05, 0) is 19.4 Å². The molecule has 1 atom stereocenters. The van der Waals surface area contributed by atoms with Crippen LogP contribution in [0.1, 0.15) is 25.8 Å². The minimum atomic E-state index is -0.666. The fraction of sp³-hybridized carbons (Fsp3) is 0.571. The zero-order valence-corrected chi connectivity index (χ0v) is 12.5. The molecule has 1 aromatic rings. The van der Waals surface area contributed by atoms with Gasteiger partial charge in [-0.3, -0.25) is 0 Å². The number of benzene rings is 1. The van der Waals surface area contributed by atoms with E-state index in [1.54, 1.807) is 12.1 Å². The van der Waals surface area contributed by atoms with Gasteiger partial charge < -0.3 is 9.47 Å². The molecular formula is C14H20BrFO2. The lowest BCUT2D eigenvalue weighted by Crippen LogP contribution is -2.30. The number of rotatable bonds is 8. The lowest BCUT2D eigenvalue weighted by molar-refractivity contribution is -0.0475. The second-order valence-electron chi connectivity index (χ2n) is 4.31. The Balaban J connectivity index is 2.60. The van der Waals surface area contributed by atoms with Crippen LogP contribution in [0, 0.1) is 5.82 Å². The Bertz CT molecular complexity index is 359. The zero-order chi connectivity index (χ0) is 13.4. The average molecular weight is 319 g/mol. The maximum Gasteiger partial charge on any atom is 0.129 e.